The fraction of sp³-hybridized carbons (Fsp3) is 0.759. The number of halogens is 2. The number of amides is 2. The largest absolute Gasteiger partial charge is 0.340 e. The summed E-state index contributed by atoms with van der Waals surface area (Å²) >= 11 is 0. The lowest BCUT2D eigenvalue weighted by Crippen LogP contribution is -2.65. The Kier molecular flexibility index (Phi) is 8.69. The SMILES string of the molecule is CCCC(F)(F)c1cc2c(cn1)C(C)(C)CN2C(=O)CN1C[C@@H](C)NC[C@@H]1CN1[C@H](C)CN(C(C)=O)C[C@H]1C. The van der Waals surface area contributed by atoms with E-state index in [0.29, 0.717) is 31.7 Å². The van der Waals surface area contributed by atoms with Gasteiger partial charge in [-0.3, -0.25) is 24.4 Å². The quantitative estimate of drug-likeness (QED) is 0.565. The lowest BCUT2D eigenvalue weighted by atomic mass is 9.88. The van der Waals surface area contributed by atoms with E-state index in [0.717, 1.165) is 25.2 Å². The van der Waals surface area contributed by atoms with E-state index in [9.17, 15) is 18.4 Å². The molecule has 39 heavy (non-hydrogen) atoms. The fourth-order valence-corrected chi connectivity index (χ4v) is 6.50. The summed E-state index contributed by atoms with van der Waals surface area (Å²) in [5, 5.41) is 3.57. The molecule has 10 heteroatoms. The molecule has 0 unspecified atom stereocenters. The van der Waals surface area contributed by atoms with Gasteiger partial charge in [-0.25, -0.2) is 0 Å². The average Bonchev–Trinajstić information content (AvgIpc) is 3.12. The highest BCUT2D eigenvalue weighted by Gasteiger charge is 2.42. The maximum atomic E-state index is 14.8. The van der Waals surface area contributed by atoms with E-state index in [1.165, 1.54) is 6.07 Å². The molecule has 0 aliphatic carbocycles. The van der Waals surface area contributed by atoms with Gasteiger partial charge in [0.05, 0.1) is 12.2 Å². The van der Waals surface area contributed by atoms with Crippen LogP contribution in [0.1, 0.15) is 72.6 Å². The molecule has 8 nitrogen and oxygen atoms in total. The third-order valence-corrected chi connectivity index (χ3v) is 8.73. The van der Waals surface area contributed by atoms with Crippen LogP contribution in [0.25, 0.3) is 0 Å². The molecule has 0 aromatic carbocycles. The first kappa shape index (κ1) is 29.8. The summed E-state index contributed by atoms with van der Waals surface area (Å²) in [6.45, 7) is 18.2. The summed E-state index contributed by atoms with van der Waals surface area (Å²) in [5.74, 6) is -2.99. The van der Waals surface area contributed by atoms with Crippen LogP contribution in [0.5, 0.6) is 0 Å². The van der Waals surface area contributed by atoms with Crippen molar-refractivity contribution < 1.29 is 18.4 Å². The predicted molar refractivity (Wildman–Crippen MR) is 149 cm³/mol. The van der Waals surface area contributed by atoms with Crippen LogP contribution in [-0.2, 0) is 20.9 Å². The number of anilines is 1. The second-order valence-electron chi connectivity index (χ2n) is 12.6. The number of hydrogen-bond acceptors (Lipinski definition) is 6. The van der Waals surface area contributed by atoms with Gasteiger partial charge in [0.1, 0.15) is 5.69 Å². The number of nitrogens with one attached hydrogen (secondary N) is 1. The molecule has 218 valence electrons. The van der Waals surface area contributed by atoms with Crippen molar-refractivity contribution in [1.82, 2.24) is 25.0 Å². The number of alkyl halides is 2. The molecular formula is C29H46F2N6O2. The summed E-state index contributed by atoms with van der Waals surface area (Å²) in [4.78, 5) is 38.2. The zero-order chi connectivity index (χ0) is 28.7. The van der Waals surface area contributed by atoms with Crippen molar-refractivity contribution >= 4 is 17.5 Å². The van der Waals surface area contributed by atoms with Gasteiger partial charge in [0.2, 0.25) is 11.8 Å². The third kappa shape index (κ3) is 6.28. The van der Waals surface area contributed by atoms with Gasteiger partial charge < -0.3 is 15.1 Å². The molecule has 3 aliphatic heterocycles. The molecule has 2 amide bonds. The van der Waals surface area contributed by atoms with Crippen molar-refractivity contribution in [3.05, 3.63) is 23.5 Å². The zero-order valence-electron chi connectivity index (χ0n) is 24.6. The number of piperazine rings is 2. The Bertz CT molecular complexity index is 1050. The molecule has 4 atom stereocenters. The number of carbonyl (C=O) groups excluding carboxylic acids is 2. The molecule has 1 aromatic rings. The second-order valence-corrected chi connectivity index (χ2v) is 12.6. The van der Waals surface area contributed by atoms with Crippen molar-refractivity contribution in [2.75, 3.05) is 50.7 Å². The van der Waals surface area contributed by atoms with Gasteiger partial charge in [-0.15, -0.1) is 0 Å². The Balaban J connectivity index is 1.52. The molecule has 4 heterocycles. The maximum Gasteiger partial charge on any atom is 0.289 e. The van der Waals surface area contributed by atoms with Crippen molar-refractivity contribution in [2.45, 2.75) is 96.8 Å². The van der Waals surface area contributed by atoms with Gasteiger partial charge >= 0.3 is 0 Å². The van der Waals surface area contributed by atoms with Crippen LogP contribution < -0.4 is 10.2 Å². The van der Waals surface area contributed by atoms with E-state index < -0.39 is 5.92 Å². The van der Waals surface area contributed by atoms with Crippen LogP contribution >= 0.6 is 0 Å². The van der Waals surface area contributed by atoms with Crippen molar-refractivity contribution in [1.29, 1.82) is 0 Å². The number of aromatic nitrogens is 1. The Morgan fingerprint density at radius 1 is 1.15 bits per heavy atom. The van der Waals surface area contributed by atoms with Crippen LogP contribution in [-0.4, -0.2) is 101 Å². The molecule has 4 rings (SSSR count). The summed E-state index contributed by atoms with van der Waals surface area (Å²) in [6, 6.07) is 2.24. The molecule has 0 saturated carbocycles. The number of pyridine rings is 1. The molecule has 3 aliphatic rings. The van der Waals surface area contributed by atoms with E-state index in [-0.39, 0.29) is 60.1 Å². The van der Waals surface area contributed by atoms with E-state index in [1.807, 2.05) is 18.7 Å². The highest BCUT2D eigenvalue weighted by atomic mass is 19.3. The second kappa shape index (κ2) is 11.4. The number of rotatable bonds is 7. The van der Waals surface area contributed by atoms with Crippen molar-refractivity contribution in [2.24, 2.45) is 0 Å². The molecule has 0 spiro atoms. The standard InChI is InChI=1S/C29H46F2N6O2/c1-8-9-29(30,31)26-10-25-24(12-33-26)28(6,7)18-37(25)27(39)17-35-13-19(2)32-11-23(35)16-36-20(3)14-34(22(5)38)15-21(36)4/h10,12,19-21,23,32H,8-9,11,13-18H2,1-7H3/t19-,20-,21-,23-/m1/s1. The lowest BCUT2D eigenvalue weighted by Gasteiger charge is -2.48. The van der Waals surface area contributed by atoms with E-state index >= 15 is 0 Å². The first-order chi connectivity index (χ1) is 18.2. The van der Waals surface area contributed by atoms with Crippen LogP contribution in [0.3, 0.4) is 0 Å². The van der Waals surface area contributed by atoms with Gasteiger partial charge in [-0.2, -0.15) is 8.78 Å². The Hall–Kier alpha value is -2.17. The summed E-state index contributed by atoms with van der Waals surface area (Å²) < 4.78 is 29.5. The minimum atomic E-state index is -3.02. The summed E-state index contributed by atoms with van der Waals surface area (Å²) in [6.07, 6.45) is 1.62. The van der Waals surface area contributed by atoms with E-state index in [2.05, 4.69) is 40.9 Å². The highest BCUT2D eigenvalue weighted by Crippen LogP contribution is 2.43. The first-order valence-corrected chi connectivity index (χ1v) is 14.4. The average molecular weight is 549 g/mol. The van der Waals surface area contributed by atoms with E-state index in [1.54, 1.807) is 24.9 Å². The van der Waals surface area contributed by atoms with Crippen LogP contribution in [0.15, 0.2) is 12.3 Å². The van der Waals surface area contributed by atoms with Gasteiger partial charge in [-0.05, 0) is 26.8 Å². The molecular weight excluding hydrogens is 502 g/mol. The molecule has 0 bridgehead atoms. The predicted octanol–water partition coefficient (Wildman–Crippen LogP) is 3.20. The minimum absolute atomic E-state index is 0.0700. The number of carbonyl (C=O) groups is 2. The molecule has 2 fully saturated rings. The summed E-state index contributed by atoms with van der Waals surface area (Å²) in [7, 11) is 0. The molecule has 0 radical (unpaired) electrons. The monoisotopic (exact) mass is 548 g/mol. The molecule has 2 saturated heterocycles. The van der Waals surface area contributed by atoms with Crippen molar-refractivity contribution in [3.63, 3.8) is 0 Å². The van der Waals surface area contributed by atoms with Crippen LogP contribution in [0.4, 0.5) is 14.5 Å². The Morgan fingerprint density at radius 2 is 1.82 bits per heavy atom. The Morgan fingerprint density at radius 3 is 2.44 bits per heavy atom. The topological polar surface area (TPSA) is 72.0 Å². The van der Waals surface area contributed by atoms with Crippen LogP contribution in [0, 0.1) is 0 Å². The van der Waals surface area contributed by atoms with Gasteiger partial charge in [0.25, 0.3) is 5.92 Å². The zero-order valence-corrected chi connectivity index (χ0v) is 24.6. The summed E-state index contributed by atoms with van der Waals surface area (Å²) in [5.41, 5.74) is 0.768. The fourth-order valence-electron chi connectivity index (χ4n) is 6.50. The molecule has 1 N–H and O–H groups in total. The Labute approximate surface area is 232 Å². The van der Waals surface area contributed by atoms with Crippen LogP contribution in [0.2, 0.25) is 0 Å². The maximum absolute atomic E-state index is 14.8. The van der Waals surface area contributed by atoms with Gasteiger partial charge in [-0.1, -0.05) is 27.2 Å². The smallest absolute Gasteiger partial charge is 0.289 e. The van der Waals surface area contributed by atoms with Gasteiger partial charge in [0, 0.05) is 94.0 Å². The lowest BCUT2D eigenvalue weighted by molar-refractivity contribution is -0.133. The number of nitrogens with zero attached hydrogens (tertiary/aromatic N) is 5. The minimum Gasteiger partial charge on any atom is -0.340 e. The normalized spacial score (nSPS) is 28.0. The first-order valence-electron chi connectivity index (χ1n) is 14.4. The van der Waals surface area contributed by atoms with Gasteiger partial charge in [0.15, 0.2) is 0 Å². The number of fused-ring (bicyclic) bond motifs is 1. The van der Waals surface area contributed by atoms with E-state index in [4.69, 9.17) is 0 Å². The number of hydrogen-bond donors (Lipinski definition) is 1. The highest BCUT2D eigenvalue weighted by molar-refractivity contribution is 5.97. The molecule has 1 aromatic heterocycles. The van der Waals surface area contributed by atoms with Crippen molar-refractivity contribution in [3.8, 4) is 0 Å². The third-order valence-electron chi connectivity index (χ3n) is 8.73.